The third-order valence-corrected chi connectivity index (χ3v) is 1.82. The molecule has 0 saturated carbocycles. The van der Waals surface area contributed by atoms with Crippen LogP contribution in [0, 0.1) is 17.1 Å². The Morgan fingerprint density at radius 3 is 2.94 bits per heavy atom. The number of ether oxygens (including phenoxy) is 1. The summed E-state index contributed by atoms with van der Waals surface area (Å²) < 4.78 is 18.1. The van der Waals surface area contributed by atoms with Crippen molar-refractivity contribution in [3.63, 3.8) is 0 Å². The van der Waals surface area contributed by atoms with Gasteiger partial charge in [-0.05, 0) is 18.2 Å². The van der Waals surface area contributed by atoms with Crippen LogP contribution < -0.4 is 4.74 Å². The molecule has 0 aliphatic carbocycles. The minimum atomic E-state index is -0.417. The number of hydrogen-bond donors (Lipinski definition) is 0. The molecule has 0 spiro atoms. The second kappa shape index (κ2) is 4.36. The van der Waals surface area contributed by atoms with Gasteiger partial charge in [-0.2, -0.15) is 10.4 Å². The second-order valence-electron chi connectivity index (χ2n) is 2.92. The van der Waals surface area contributed by atoms with Crippen LogP contribution in [0.4, 0.5) is 4.39 Å². The molecule has 1 aromatic carbocycles. The largest absolute Gasteiger partial charge is 0.436 e. The van der Waals surface area contributed by atoms with Crippen LogP contribution in [0.15, 0.2) is 36.5 Å². The van der Waals surface area contributed by atoms with Crippen molar-refractivity contribution in [2.75, 3.05) is 0 Å². The molecule has 0 saturated heterocycles. The van der Waals surface area contributed by atoms with Crippen molar-refractivity contribution in [3.05, 3.63) is 47.9 Å². The van der Waals surface area contributed by atoms with Crippen LogP contribution in [0.2, 0.25) is 0 Å². The molecule has 0 atom stereocenters. The lowest BCUT2D eigenvalue weighted by Gasteiger charge is -2.04. The second-order valence-corrected chi connectivity index (χ2v) is 2.92. The summed E-state index contributed by atoms with van der Waals surface area (Å²) in [6, 6.07) is 8.96. The summed E-state index contributed by atoms with van der Waals surface area (Å²) in [5, 5.41) is 16.0. The molecule has 1 aromatic heterocycles. The number of nitrogens with zero attached hydrogens (tertiary/aromatic N) is 3. The van der Waals surface area contributed by atoms with Gasteiger partial charge in [-0.1, -0.05) is 6.07 Å². The number of benzene rings is 1. The zero-order valence-corrected chi connectivity index (χ0v) is 8.09. The standard InChI is InChI=1S/C11H6FN3O/c12-9-2-1-3-10(6-9)16-11-8(7-13)4-5-14-15-11/h1-6H. The van der Waals surface area contributed by atoms with Gasteiger partial charge in [0, 0.05) is 6.07 Å². The molecule has 0 radical (unpaired) electrons. The molecule has 5 heteroatoms. The lowest BCUT2D eigenvalue weighted by Crippen LogP contribution is -1.93. The Morgan fingerprint density at radius 2 is 2.19 bits per heavy atom. The van der Waals surface area contributed by atoms with Gasteiger partial charge in [-0.25, -0.2) is 4.39 Å². The first-order chi connectivity index (χ1) is 7.79. The summed E-state index contributed by atoms with van der Waals surface area (Å²) in [7, 11) is 0. The Morgan fingerprint density at radius 1 is 1.31 bits per heavy atom. The van der Waals surface area contributed by atoms with Gasteiger partial charge in [-0.3, -0.25) is 0 Å². The third-order valence-electron chi connectivity index (χ3n) is 1.82. The molecule has 0 unspecified atom stereocenters. The van der Waals surface area contributed by atoms with Crippen molar-refractivity contribution in [3.8, 4) is 17.7 Å². The van der Waals surface area contributed by atoms with Crippen molar-refractivity contribution in [1.82, 2.24) is 10.2 Å². The maximum atomic E-state index is 12.9. The zero-order valence-electron chi connectivity index (χ0n) is 8.09. The average molecular weight is 215 g/mol. The van der Waals surface area contributed by atoms with E-state index in [1.165, 1.54) is 30.5 Å². The van der Waals surface area contributed by atoms with Crippen molar-refractivity contribution < 1.29 is 9.13 Å². The van der Waals surface area contributed by atoms with E-state index in [1.54, 1.807) is 6.07 Å². The molecule has 0 amide bonds. The quantitative estimate of drug-likeness (QED) is 0.771. The van der Waals surface area contributed by atoms with Crippen LogP contribution in [-0.2, 0) is 0 Å². The fourth-order valence-electron chi connectivity index (χ4n) is 1.12. The van der Waals surface area contributed by atoms with Crippen LogP contribution in [-0.4, -0.2) is 10.2 Å². The molecule has 16 heavy (non-hydrogen) atoms. The average Bonchev–Trinajstić information content (AvgIpc) is 2.30. The maximum absolute atomic E-state index is 12.9. The lowest BCUT2D eigenvalue weighted by molar-refractivity contribution is 0.449. The Kier molecular flexibility index (Phi) is 2.74. The van der Waals surface area contributed by atoms with Crippen LogP contribution >= 0.6 is 0 Å². The summed E-state index contributed by atoms with van der Waals surface area (Å²) in [5.74, 6) is -0.0764. The van der Waals surface area contributed by atoms with Crippen LogP contribution in [0.1, 0.15) is 5.56 Å². The first kappa shape index (κ1) is 10.1. The predicted octanol–water partition coefficient (Wildman–Crippen LogP) is 2.28. The Labute approximate surface area is 90.9 Å². The Balaban J connectivity index is 2.31. The van der Waals surface area contributed by atoms with E-state index >= 15 is 0 Å². The highest BCUT2D eigenvalue weighted by Gasteiger charge is 2.06. The summed E-state index contributed by atoms with van der Waals surface area (Å²) >= 11 is 0. The van der Waals surface area contributed by atoms with E-state index in [0.717, 1.165) is 0 Å². The van der Waals surface area contributed by atoms with E-state index in [0.29, 0.717) is 0 Å². The summed E-state index contributed by atoms with van der Waals surface area (Å²) in [6.07, 6.45) is 1.39. The SMILES string of the molecule is N#Cc1ccnnc1Oc1cccc(F)c1. The molecule has 0 fully saturated rings. The molecule has 4 nitrogen and oxygen atoms in total. The fourth-order valence-corrected chi connectivity index (χ4v) is 1.12. The lowest BCUT2D eigenvalue weighted by atomic mass is 10.3. The monoisotopic (exact) mass is 215 g/mol. The maximum Gasteiger partial charge on any atom is 0.256 e. The number of nitriles is 1. The zero-order chi connectivity index (χ0) is 11.4. The normalized spacial score (nSPS) is 9.50. The van der Waals surface area contributed by atoms with Gasteiger partial charge in [0.1, 0.15) is 23.2 Å². The van der Waals surface area contributed by atoms with Crippen molar-refractivity contribution in [2.24, 2.45) is 0 Å². The first-order valence-corrected chi connectivity index (χ1v) is 4.45. The van der Waals surface area contributed by atoms with Gasteiger partial charge in [0.2, 0.25) is 0 Å². The number of hydrogen-bond acceptors (Lipinski definition) is 4. The van der Waals surface area contributed by atoms with E-state index in [2.05, 4.69) is 10.2 Å². The molecule has 2 aromatic rings. The van der Waals surface area contributed by atoms with Gasteiger partial charge >= 0.3 is 0 Å². The molecular formula is C11H6FN3O. The minimum Gasteiger partial charge on any atom is -0.436 e. The summed E-state index contributed by atoms with van der Waals surface area (Å²) in [5.41, 5.74) is 0.249. The molecule has 0 aliphatic heterocycles. The molecule has 1 heterocycles. The highest BCUT2D eigenvalue weighted by atomic mass is 19.1. The number of aromatic nitrogens is 2. The van der Waals surface area contributed by atoms with Gasteiger partial charge in [-0.15, -0.1) is 5.10 Å². The highest BCUT2D eigenvalue weighted by Crippen LogP contribution is 2.21. The van der Waals surface area contributed by atoms with E-state index in [-0.39, 0.29) is 17.2 Å². The molecule has 0 N–H and O–H groups in total. The third kappa shape index (κ3) is 2.12. The van der Waals surface area contributed by atoms with Crippen molar-refractivity contribution in [1.29, 1.82) is 5.26 Å². The van der Waals surface area contributed by atoms with Gasteiger partial charge in [0.25, 0.3) is 5.88 Å². The van der Waals surface area contributed by atoms with E-state index in [4.69, 9.17) is 10.00 Å². The van der Waals surface area contributed by atoms with Gasteiger partial charge < -0.3 is 4.74 Å². The predicted molar refractivity (Wildman–Crippen MR) is 53.2 cm³/mol. The molecule has 2 rings (SSSR count). The molecular weight excluding hydrogens is 209 g/mol. The number of halogens is 1. The highest BCUT2D eigenvalue weighted by molar-refractivity contribution is 5.38. The van der Waals surface area contributed by atoms with Crippen molar-refractivity contribution >= 4 is 0 Å². The van der Waals surface area contributed by atoms with Crippen LogP contribution in [0.3, 0.4) is 0 Å². The summed E-state index contributed by atoms with van der Waals surface area (Å²) in [4.78, 5) is 0. The van der Waals surface area contributed by atoms with Gasteiger partial charge in [0.15, 0.2) is 0 Å². The van der Waals surface area contributed by atoms with E-state index in [9.17, 15) is 4.39 Å². The Bertz CT molecular complexity index is 551. The molecule has 0 aliphatic rings. The smallest absolute Gasteiger partial charge is 0.256 e. The fraction of sp³-hybridized carbons (Fsp3) is 0. The molecule has 0 bridgehead atoms. The van der Waals surface area contributed by atoms with E-state index < -0.39 is 5.82 Å². The minimum absolute atomic E-state index is 0.0654. The summed E-state index contributed by atoms with van der Waals surface area (Å²) in [6.45, 7) is 0. The van der Waals surface area contributed by atoms with E-state index in [1.807, 2.05) is 6.07 Å². The number of rotatable bonds is 2. The topological polar surface area (TPSA) is 58.8 Å². The van der Waals surface area contributed by atoms with Crippen molar-refractivity contribution in [2.45, 2.75) is 0 Å². The van der Waals surface area contributed by atoms with Gasteiger partial charge in [0.05, 0.1) is 6.20 Å². The molecule has 78 valence electrons. The van der Waals surface area contributed by atoms with Crippen LogP contribution in [0.25, 0.3) is 0 Å². The Hall–Kier alpha value is -2.48. The van der Waals surface area contributed by atoms with Crippen LogP contribution in [0.5, 0.6) is 11.6 Å². The first-order valence-electron chi connectivity index (χ1n) is 4.45.